The van der Waals surface area contributed by atoms with E-state index in [1.54, 1.807) is 10.7 Å². The molecule has 0 saturated carbocycles. The average Bonchev–Trinajstić information content (AvgIpc) is 2.71. The monoisotopic (exact) mass is 260 g/mol. The number of nitrogens with zero attached hydrogens (tertiary/aromatic N) is 3. The van der Waals surface area contributed by atoms with Crippen LogP contribution in [0.2, 0.25) is 0 Å². The molecule has 19 heavy (non-hydrogen) atoms. The molecule has 0 fully saturated rings. The third-order valence-corrected chi connectivity index (χ3v) is 2.95. The van der Waals surface area contributed by atoms with Gasteiger partial charge in [-0.2, -0.15) is 5.10 Å². The molecule has 0 unspecified atom stereocenters. The van der Waals surface area contributed by atoms with Crippen molar-refractivity contribution in [2.24, 2.45) is 7.05 Å². The van der Waals surface area contributed by atoms with Crippen molar-refractivity contribution >= 4 is 17.1 Å². The molecule has 0 spiro atoms. The second-order valence-corrected chi connectivity index (χ2v) is 4.37. The van der Waals surface area contributed by atoms with E-state index in [0.717, 1.165) is 23.4 Å². The first-order chi connectivity index (χ1) is 9.02. The number of anilines is 2. The summed E-state index contributed by atoms with van der Waals surface area (Å²) in [5.74, 6) is 0. The van der Waals surface area contributed by atoms with E-state index in [9.17, 15) is 10.1 Å². The predicted octanol–water partition coefficient (Wildman–Crippen LogP) is 2.94. The van der Waals surface area contributed by atoms with Crippen molar-refractivity contribution in [3.8, 4) is 0 Å². The van der Waals surface area contributed by atoms with Crippen molar-refractivity contribution in [1.29, 1.82) is 0 Å². The standard InChI is InChI=1S/C13H16N4O2/c1-4-10-11(8-16(3)15-10)14-13-9(2)6-5-7-12(13)17(18)19/h5-8,14H,4H2,1-3H3. The Morgan fingerprint density at radius 1 is 1.47 bits per heavy atom. The highest BCUT2D eigenvalue weighted by molar-refractivity contribution is 5.73. The summed E-state index contributed by atoms with van der Waals surface area (Å²) in [7, 11) is 1.83. The lowest BCUT2D eigenvalue weighted by atomic mass is 10.1. The SMILES string of the molecule is CCc1nn(C)cc1Nc1c(C)cccc1[N+](=O)[O-]. The van der Waals surface area contributed by atoms with Gasteiger partial charge in [0.25, 0.3) is 5.69 Å². The first kappa shape index (κ1) is 13.1. The Bertz CT molecular complexity index is 619. The molecule has 6 nitrogen and oxygen atoms in total. The summed E-state index contributed by atoms with van der Waals surface area (Å²) in [6.07, 6.45) is 2.60. The van der Waals surface area contributed by atoms with Gasteiger partial charge >= 0.3 is 0 Å². The van der Waals surface area contributed by atoms with Gasteiger partial charge in [0.15, 0.2) is 0 Å². The maximum atomic E-state index is 11.1. The molecule has 0 aliphatic carbocycles. The van der Waals surface area contributed by atoms with Gasteiger partial charge in [-0.05, 0) is 18.9 Å². The summed E-state index contributed by atoms with van der Waals surface area (Å²) < 4.78 is 1.70. The first-order valence-corrected chi connectivity index (χ1v) is 6.06. The first-order valence-electron chi connectivity index (χ1n) is 6.06. The molecule has 2 aromatic rings. The van der Waals surface area contributed by atoms with E-state index in [-0.39, 0.29) is 10.6 Å². The Labute approximate surface area is 111 Å². The van der Waals surface area contributed by atoms with Crippen LogP contribution in [0.4, 0.5) is 17.1 Å². The lowest BCUT2D eigenvalue weighted by molar-refractivity contribution is -0.383. The minimum Gasteiger partial charge on any atom is -0.347 e. The fraction of sp³-hybridized carbons (Fsp3) is 0.308. The average molecular weight is 260 g/mol. The van der Waals surface area contributed by atoms with Crippen LogP contribution in [0.5, 0.6) is 0 Å². The molecule has 0 radical (unpaired) electrons. The van der Waals surface area contributed by atoms with Crippen LogP contribution in [-0.2, 0) is 13.5 Å². The molecule has 100 valence electrons. The zero-order valence-corrected chi connectivity index (χ0v) is 11.2. The minimum atomic E-state index is -0.378. The lowest BCUT2D eigenvalue weighted by Crippen LogP contribution is -2.00. The van der Waals surface area contributed by atoms with E-state index in [4.69, 9.17) is 0 Å². The zero-order chi connectivity index (χ0) is 14.0. The van der Waals surface area contributed by atoms with E-state index in [0.29, 0.717) is 5.69 Å². The number of nitro groups is 1. The molecule has 1 aromatic heterocycles. The smallest absolute Gasteiger partial charge is 0.292 e. The summed E-state index contributed by atoms with van der Waals surface area (Å²) in [5.41, 5.74) is 3.13. The van der Waals surface area contributed by atoms with Crippen LogP contribution in [0.15, 0.2) is 24.4 Å². The molecule has 0 aliphatic heterocycles. The van der Waals surface area contributed by atoms with E-state index in [2.05, 4.69) is 10.4 Å². The summed E-state index contributed by atoms with van der Waals surface area (Å²) in [5, 5.41) is 18.5. The van der Waals surface area contributed by atoms with Gasteiger partial charge in [-0.25, -0.2) is 0 Å². The topological polar surface area (TPSA) is 73.0 Å². The normalized spacial score (nSPS) is 10.5. The number of hydrogen-bond acceptors (Lipinski definition) is 4. The Morgan fingerprint density at radius 3 is 2.84 bits per heavy atom. The quantitative estimate of drug-likeness (QED) is 0.677. The second-order valence-electron chi connectivity index (χ2n) is 4.37. The molecular formula is C13H16N4O2. The number of nitrogens with one attached hydrogen (secondary N) is 1. The Morgan fingerprint density at radius 2 is 2.21 bits per heavy atom. The van der Waals surface area contributed by atoms with Crippen molar-refractivity contribution in [2.75, 3.05) is 5.32 Å². The number of hydrogen-bond donors (Lipinski definition) is 1. The highest BCUT2D eigenvalue weighted by Gasteiger charge is 2.17. The number of aryl methyl sites for hydroxylation is 3. The summed E-state index contributed by atoms with van der Waals surface area (Å²) >= 11 is 0. The molecule has 0 atom stereocenters. The van der Waals surface area contributed by atoms with Crippen LogP contribution < -0.4 is 5.32 Å². The fourth-order valence-electron chi connectivity index (χ4n) is 2.00. The summed E-state index contributed by atoms with van der Waals surface area (Å²) in [4.78, 5) is 10.7. The van der Waals surface area contributed by atoms with Crippen LogP contribution >= 0.6 is 0 Å². The maximum absolute atomic E-state index is 11.1. The van der Waals surface area contributed by atoms with Crippen molar-refractivity contribution in [3.05, 3.63) is 45.8 Å². The third kappa shape index (κ3) is 2.57. The van der Waals surface area contributed by atoms with Gasteiger partial charge in [0.1, 0.15) is 5.69 Å². The van der Waals surface area contributed by atoms with Crippen LogP contribution in [-0.4, -0.2) is 14.7 Å². The van der Waals surface area contributed by atoms with Crippen LogP contribution in [0, 0.1) is 17.0 Å². The number of aromatic nitrogens is 2. The molecule has 6 heteroatoms. The molecule has 1 aromatic carbocycles. The predicted molar refractivity (Wildman–Crippen MR) is 73.7 cm³/mol. The van der Waals surface area contributed by atoms with Crippen molar-refractivity contribution in [1.82, 2.24) is 9.78 Å². The lowest BCUT2D eigenvalue weighted by Gasteiger charge is -2.09. The fourth-order valence-corrected chi connectivity index (χ4v) is 2.00. The maximum Gasteiger partial charge on any atom is 0.292 e. The van der Waals surface area contributed by atoms with Crippen LogP contribution in [0.25, 0.3) is 0 Å². The van der Waals surface area contributed by atoms with Crippen LogP contribution in [0.1, 0.15) is 18.2 Å². The zero-order valence-electron chi connectivity index (χ0n) is 11.2. The van der Waals surface area contributed by atoms with Gasteiger partial charge in [0.2, 0.25) is 0 Å². The Kier molecular flexibility index (Phi) is 3.50. The van der Waals surface area contributed by atoms with Gasteiger partial charge in [0.05, 0.1) is 16.3 Å². The molecular weight excluding hydrogens is 244 g/mol. The molecule has 1 N–H and O–H groups in total. The molecule has 0 bridgehead atoms. The molecule has 1 heterocycles. The largest absolute Gasteiger partial charge is 0.347 e. The Hall–Kier alpha value is -2.37. The number of benzene rings is 1. The van der Waals surface area contributed by atoms with Gasteiger partial charge in [-0.1, -0.05) is 19.1 Å². The number of para-hydroxylation sites is 1. The van der Waals surface area contributed by atoms with Crippen molar-refractivity contribution in [2.45, 2.75) is 20.3 Å². The van der Waals surface area contributed by atoms with E-state index in [1.807, 2.05) is 33.2 Å². The minimum absolute atomic E-state index is 0.0749. The molecule has 2 rings (SSSR count). The highest BCUT2D eigenvalue weighted by Crippen LogP contribution is 2.31. The van der Waals surface area contributed by atoms with Gasteiger partial charge in [0, 0.05) is 19.3 Å². The van der Waals surface area contributed by atoms with E-state index < -0.39 is 0 Å². The molecule has 0 aliphatic rings. The summed E-state index contributed by atoms with van der Waals surface area (Å²) in [6.45, 7) is 3.84. The second kappa shape index (κ2) is 5.09. The molecule has 0 saturated heterocycles. The number of nitro benzene ring substituents is 1. The number of rotatable bonds is 4. The van der Waals surface area contributed by atoms with Gasteiger partial charge in [-0.15, -0.1) is 0 Å². The van der Waals surface area contributed by atoms with Crippen LogP contribution in [0.3, 0.4) is 0 Å². The van der Waals surface area contributed by atoms with Gasteiger partial charge < -0.3 is 5.32 Å². The van der Waals surface area contributed by atoms with E-state index >= 15 is 0 Å². The molecule has 0 amide bonds. The van der Waals surface area contributed by atoms with Crippen molar-refractivity contribution in [3.63, 3.8) is 0 Å². The highest BCUT2D eigenvalue weighted by atomic mass is 16.6. The van der Waals surface area contributed by atoms with Crippen molar-refractivity contribution < 1.29 is 4.92 Å². The van der Waals surface area contributed by atoms with E-state index in [1.165, 1.54) is 6.07 Å². The summed E-state index contributed by atoms with van der Waals surface area (Å²) in [6, 6.07) is 5.03. The van der Waals surface area contributed by atoms with Gasteiger partial charge in [-0.3, -0.25) is 14.8 Å². The third-order valence-electron chi connectivity index (χ3n) is 2.95. The Balaban J connectivity index is 2.45.